The van der Waals surface area contributed by atoms with Crippen molar-refractivity contribution in [1.82, 2.24) is 34.3 Å². The maximum atomic E-state index is 13.3. The Bertz CT molecular complexity index is 1740. The number of hydrogen-bond donors (Lipinski definition) is 2. The lowest BCUT2D eigenvalue weighted by molar-refractivity contribution is -0.114. The fourth-order valence-electron chi connectivity index (χ4n) is 3.68. The number of amides is 1. The van der Waals surface area contributed by atoms with Gasteiger partial charge in [-0.15, -0.1) is 0 Å². The van der Waals surface area contributed by atoms with Crippen molar-refractivity contribution in [1.29, 1.82) is 0 Å². The molecule has 5 rings (SSSR count). The Labute approximate surface area is 220 Å². The van der Waals surface area contributed by atoms with Crippen molar-refractivity contribution < 1.29 is 22.7 Å². The van der Waals surface area contributed by atoms with Crippen LogP contribution >= 0.6 is 11.3 Å². The standard InChI is InChI=1S/C22H21N9O5S2/c1-4-30(38(33,34)21-12(2)25-22(37-21)26-13(3)32)35-15-7-5-14(6-8-15)31-17-9-10-24-11-16(17)27-20(31)18-19(23)29-36-28-18/h5-11H,4H2,1-3H3,(H2,23,29)(H,25,26,32). The van der Waals surface area contributed by atoms with E-state index in [-0.39, 0.29) is 44.7 Å². The summed E-state index contributed by atoms with van der Waals surface area (Å²) < 4.78 is 34.0. The maximum Gasteiger partial charge on any atom is 0.285 e. The number of thiazole rings is 1. The Morgan fingerprint density at radius 3 is 2.63 bits per heavy atom. The van der Waals surface area contributed by atoms with E-state index in [1.807, 2.05) is 0 Å². The second kappa shape index (κ2) is 9.81. The largest absolute Gasteiger partial charge is 0.391 e. The van der Waals surface area contributed by atoms with Crippen molar-refractivity contribution in [3.05, 3.63) is 48.4 Å². The molecular formula is C22H21N9O5S2. The smallest absolute Gasteiger partial charge is 0.285 e. The summed E-state index contributed by atoms with van der Waals surface area (Å²) in [5.41, 5.74) is 8.45. The van der Waals surface area contributed by atoms with Gasteiger partial charge in [-0.05, 0) is 59.0 Å². The lowest BCUT2D eigenvalue weighted by atomic mass is 10.2. The van der Waals surface area contributed by atoms with Crippen molar-refractivity contribution in [2.45, 2.75) is 25.0 Å². The number of sulfonamides is 1. The number of benzene rings is 1. The highest BCUT2D eigenvalue weighted by atomic mass is 32.2. The Balaban J connectivity index is 1.46. The molecule has 0 spiro atoms. The first-order valence-electron chi connectivity index (χ1n) is 11.2. The first kappa shape index (κ1) is 25.2. The van der Waals surface area contributed by atoms with Gasteiger partial charge in [-0.25, -0.2) is 23.0 Å². The summed E-state index contributed by atoms with van der Waals surface area (Å²) in [6.45, 7) is 4.54. The molecule has 1 aromatic carbocycles. The van der Waals surface area contributed by atoms with Gasteiger partial charge >= 0.3 is 0 Å². The third kappa shape index (κ3) is 4.55. The predicted molar refractivity (Wildman–Crippen MR) is 138 cm³/mol. The molecule has 14 nitrogen and oxygen atoms in total. The van der Waals surface area contributed by atoms with Crippen LogP contribution in [0.25, 0.3) is 28.2 Å². The number of imidazole rings is 1. The molecule has 0 unspecified atom stereocenters. The molecule has 0 aliphatic rings. The number of pyridine rings is 1. The second-order valence-electron chi connectivity index (χ2n) is 7.92. The van der Waals surface area contributed by atoms with Gasteiger partial charge in [0.05, 0.1) is 17.4 Å². The highest BCUT2D eigenvalue weighted by Crippen LogP contribution is 2.32. The zero-order valence-electron chi connectivity index (χ0n) is 20.3. The molecule has 0 bridgehead atoms. The van der Waals surface area contributed by atoms with Gasteiger partial charge in [0.1, 0.15) is 11.3 Å². The van der Waals surface area contributed by atoms with Crippen molar-refractivity contribution in [2.24, 2.45) is 0 Å². The highest BCUT2D eigenvalue weighted by Gasteiger charge is 2.30. The Morgan fingerprint density at radius 2 is 1.97 bits per heavy atom. The average molecular weight is 556 g/mol. The number of hydrogen-bond acceptors (Lipinski definition) is 12. The fourth-order valence-corrected chi connectivity index (χ4v) is 6.46. The first-order chi connectivity index (χ1) is 18.2. The van der Waals surface area contributed by atoms with Gasteiger partial charge in [-0.3, -0.25) is 14.3 Å². The summed E-state index contributed by atoms with van der Waals surface area (Å²) in [6, 6.07) is 8.50. The molecule has 5 aromatic rings. The van der Waals surface area contributed by atoms with Crippen LogP contribution < -0.4 is 15.9 Å². The molecule has 3 N–H and O–H groups in total. The van der Waals surface area contributed by atoms with Crippen LogP contribution in [0.15, 0.2) is 51.6 Å². The van der Waals surface area contributed by atoms with Crippen LogP contribution in [0.3, 0.4) is 0 Å². The normalized spacial score (nSPS) is 11.8. The number of fused-ring (bicyclic) bond motifs is 1. The fraction of sp³-hybridized carbons (Fsp3) is 0.182. The van der Waals surface area contributed by atoms with Crippen molar-refractivity contribution in [2.75, 3.05) is 17.6 Å². The SMILES string of the molecule is CCN(Oc1ccc(-n2c(-c3nonc3N)nc3cnccc32)cc1)S(=O)(=O)c1sc(NC(C)=O)nc1C. The summed E-state index contributed by atoms with van der Waals surface area (Å²) >= 11 is 0.855. The predicted octanol–water partition coefficient (Wildman–Crippen LogP) is 2.78. The van der Waals surface area contributed by atoms with Crippen LogP contribution in [0.1, 0.15) is 19.5 Å². The number of hydroxylamine groups is 1. The zero-order valence-corrected chi connectivity index (χ0v) is 21.9. The molecule has 1 amide bonds. The number of aryl methyl sites for hydroxylation is 1. The molecule has 0 aliphatic carbocycles. The molecule has 16 heteroatoms. The molecular weight excluding hydrogens is 534 g/mol. The highest BCUT2D eigenvalue weighted by molar-refractivity contribution is 7.91. The van der Waals surface area contributed by atoms with E-state index in [1.165, 1.54) is 6.92 Å². The summed E-state index contributed by atoms with van der Waals surface area (Å²) in [7, 11) is -4.06. The summed E-state index contributed by atoms with van der Waals surface area (Å²) in [4.78, 5) is 29.9. The molecule has 0 radical (unpaired) electrons. The van der Waals surface area contributed by atoms with Crippen LogP contribution in [-0.2, 0) is 14.8 Å². The second-order valence-corrected chi connectivity index (χ2v) is 10.9. The van der Waals surface area contributed by atoms with Crippen molar-refractivity contribution in [3.63, 3.8) is 0 Å². The van der Waals surface area contributed by atoms with Crippen molar-refractivity contribution in [3.8, 4) is 23.0 Å². The number of carbonyl (C=O) groups is 1. The van der Waals surface area contributed by atoms with Crippen LogP contribution in [0.4, 0.5) is 10.9 Å². The van der Waals surface area contributed by atoms with Gasteiger partial charge in [0, 0.05) is 25.4 Å². The van der Waals surface area contributed by atoms with Gasteiger partial charge in [-0.1, -0.05) is 11.3 Å². The number of nitrogen functional groups attached to an aromatic ring is 1. The monoisotopic (exact) mass is 555 g/mol. The molecule has 0 saturated heterocycles. The van der Waals surface area contributed by atoms with E-state index in [0.29, 0.717) is 17.0 Å². The van der Waals surface area contributed by atoms with E-state index in [0.717, 1.165) is 21.3 Å². The third-order valence-electron chi connectivity index (χ3n) is 5.28. The summed E-state index contributed by atoms with van der Waals surface area (Å²) in [5.74, 6) is 0.407. The van der Waals surface area contributed by atoms with Crippen LogP contribution in [0.2, 0.25) is 0 Å². The van der Waals surface area contributed by atoms with Gasteiger partial charge in [-0.2, -0.15) is 0 Å². The van der Waals surface area contributed by atoms with E-state index in [4.69, 9.17) is 15.2 Å². The van der Waals surface area contributed by atoms with E-state index in [1.54, 1.807) is 61.1 Å². The molecule has 0 atom stereocenters. The van der Waals surface area contributed by atoms with E-state index in [9.17, 15) is 13.2 Å². The van der Waals surface area contributed by atoms with E-state index >= 15 is 0 Å². The Hall–Kier alpha value is -4.41. The van der Waals surface area contributed by atoms with Gasteiger partial charge in [0.15, 0.2) is 26.7 Å². The van der Waals surface area contributed by atoms with Crippen molar-refractivity contribution >= 4 is 49.3 Å². The summed E-state index contributed by atoms with van der Waals surface area (Å²) in [5, 5.41) is 10.2. The average Bonchev–Trinajstić information content (AvgIpc) is 3.58. The lowest BCUT2D eigenvalue weighted by Gasteiger charge is -2.20. The van der Waals surface area contributed by atoms with Crippen LogP contribution in [-0.4, -0.2) is 55.2 Å². The molecule has 4 heterocycles. The third-order valence-corrected chi connectivity index (χ3v) is 8.66. The molecule has 196 valence electrons. The minimum absolute atomic E-state index is 0.0262. The number of nitrogens with two attached hydrogens (primary N) is 1. The van der Waals surface area contributed by atoms with Crippen LogP contribution in [0, 0.1) is 6.92 Å². The number of anilines is 2. The Kier molecular flexibility index (Phi) is 6.52. The number of nitrogens with one attached hydrogen (secondary N) is 1. The molecule has 4 aromatic heterocycles. The molecule has 0 aliphatic heterocycles. The number of carbonyl (C=O) groups excluding carboxylic acids is 1. The molecule has 0 fully saturated rings. The minimum atomic E-state index is -4.06. The lowest BCUT2D eigenvalue weighted by Crippen LogP contribution is -2.34. The molecule has 0 saturated carbocycles. The quantitative estimate of drug-likeness (QED) is 0.268. The number of nitrogens with zero attached hydrogens (tertiary/aromatic N) is 7. The molecule has 38 heavy (non-hydrogen) atoms. The zero-order chi connectivity index (χ0) is 27.0. The van der Waals surface area contributed by atoms with Gasteiger partial charge < -0.3 is 15.9 Å². The Morgan fingerprint density at radius 1 is 1.21 bits per heavy atom. The number of aromatic nitrogens is 6. The summed E-state index contributed by atoms with van der Waals surface area (Å²) in [6.07, 6.45) is 3.24. The maximum absolute atomic E-state index is 13.3. The van der Waals surface area contributed by atoms with E-state index in [2.05, 4.69) is 30.6 Å². The number of rotatable bonds is 8. The van der Waals surface area contributed by atoms with Gasteiger partial charge in [0.25, 0.3) is 10.0 Å². The van der Waals surface area contributed by atoms with E-state index < -0.39 is 10.0 Å². The topological polar surface area (TPSA) is 184 Å². The van der Waals surface area contributed by atoms with Crippen LogP contribution in [0.5, 0.6) is 5.75 Å². The minimum Gasteiger partial charge on any atom is -0.391 e. The van der Waals surface area contributed by atoms with Gasteiger partial charge in [0.2, 0.25) is 5.91 Å². The first-order valence-corrected chi connectivity index (χ1v) is 13.4.